The minimum atomic E-state index is -0.282. The standard InChI is InChI=1S/C12H15Cl2N3O/c1-7(2)11(17-15)10(6-18)16-12-8(13)4-3-5-9(12)14/h3-5,7,18H,6,15H2,1-2H3. The van der Waals surface area contributed by atoms with Crippen molar-refractivity contribution in [1.82, 2.24) is 0 Å². The van der Waals surface area contributed by atoms with Gasteiger partial charge in [0, 0.05) is 0 Å². The van der Waals surface area contributed by atoms with E-state index in [4.69, 9.17) is 29.0 Å². The van der Waals surface area contributed by atoms with Crippen molar-refractivity contribution in [3.8, 4) is 0 Å². The zero-order chi connectivity index (χ0) is 13.7. The van der Waals surface area contributed by atoms with Gasteiger partial charge in [-0.25, -0.2) is 4.99 Å². The van der Waals surface area contributed by atoms with Gasteiger partial charge in [-0.3, -0.25) is 0 Å². The van der Waals surface area contributed by atoms with Gasteiger partial charge in [-0.2, -0.15) is 5.10 Å². The minimum Gasteiger partial charge on any atom is -0.390 e. The third-order valence-corrected chi connectivity index (χ3v) is 2.93. The summed E-state index contributed by atoms with van der Waals surface area (Å²) in [6.07, 6.45) is 0. The molecule has 3 N–H and O–H groups in total. The van der Waals surface area contributed by atoms with Crippen molar-refractivity contribution in [3.63, 3.8) is 0 Å². The van der Waals surface area contributed by atoms with E-state index in [1.54, 1.807) is 18.2 Å². The highest BCUT2D eigenvalue weighted by molar-refractivity contribution is 6.45. The van der Waals surface area contributed by atoms with E-state index in [2.05, 4.69) is 10.1 Å². The molecule has 0 saturated carbocycles. The number of aliphatic hydroxyl groups is 1. The van der Waals surface area contributed by atoms with Gasteiger partial charge >= 0.3 is 0 Å². The van der Waals surface area contributed by atoms with Gasteiger partial charge in [-0.05, 0) is 18.1 Å². The summed E-state index contributed by atoms with van der Waals surface area (Å²) in [5, 5.41) is 13.8. The predicted molar refractivity (Wildman–Crippen MR) is 77.1 cm³/mol. The first-order valence-corrected chi connectivity index (χ1v) is 6.17. The number of nitrogens with zero attached hydrogens (tertiary/aromatic N) is 2. The van der Waals surface area contributed by atoms with E-state index in [0.29, 0.717) is 27.2 Å². The van der Waals surface area contributed by atoms with Crippen molar-refractivity contribution in [2.75, 3.05) is 6.61 Å². The van der Waals surface area contributed by atoms with Gasteiger partial charge in [0.05, 0.1) is 28.1 Å². The molecule has 0 fully saturated rings. The van der Waals surface area contributed by atoms with Crippen LogP contribution in [0.3, 0.4) is 0 Å². The Kier molecular flexibility index (Phi) is 5.59. The molecule has 1 aromatic rings. The Hall–Kier alpha value is -1.10. The highest BCUT2D eigenvalue weighted by atomic mass is 35.5. The normalized spacial score (nSPS) is 13.2. The van der Waals surface area contributed by atoms with Crippen LogP contribution in [0.15, 0.2) is 28.3 Å². The molecule has 0 aliphatic rings. The summed E-state index contributed by atoms with van der Waals surface area (Å²) in [5.74, 6) is 5.35. The molecule has 0 spiro atoms. The van der Waals surface area contributed by atoms with Gasteiger partial charge in [-0.1, -0.05) is 43.1 Å². The molecule has 0 aliphatic carbocycles. The van der Waals surface area contributed by atoms with Gasteiger partial charge in [0.1, 0.15) is 5.69 Å². The minimum absolute atomic E-state index is 0.0437. The monoisotopic (exact) mass is 287 g/mol. The van der Waals surface area contributed by atoms with Crippen molar-refractivity contribution in [3.05, 3.63) is 28.2 Å². The summed E-state index contributed by atoms with van der Waals surface area (Å²) < 4.78 is 0. The topological polar surface area (TPSA) is 71.0 Å². The average Bonchev–Trinajstić information content (AvgIpc) is 2.32. The van der Waals surface area contributed by atoms with Crippen LogP contribution in [0.1, 0.15) is 13.8 Å². The maximum atomic E-state index is 9.37. The lowest BCUT2D eigenvalue weighted by Crippen LogP contribution is -2.24. The molecule has 4 nitrogen and oxygen atoms in total. The van der Waals surface area contributed by atoms with Crippen molar-refractivity contribution in [1.29, 1.82) is 0 Å². The molecule has 0 unspecified atom stereocenters. The molecule has 1 rings (SSSR count). The molecular weight excluding hydrogens is 273 g/mol. The molecule has 0 aromatic heterocycles. The number of para-hydroxylation sites is 1. The zero-order valence-electron chi connectivity index (χ0n) is 10.2. The third-order valence-electron chi connectivity index (χ3n) is 2.32. The molecule has 0 amide bonds. The van der Waals surface area contributed by atoms with Gasteiger partial charge in [0.15, 0.2) is 0 Å². The van der Waals surface area contributed by atoms with E-state index in [0.717, 1.165) is 0 Å². The lowest BCUT2D eigenvalue weighted by atomic mass is 10.0. The highest BCUT2D eigenvalue weighted by Crippen LogP contribution is 2.32. The summed E-state index contributed by atoms with van der Waals surface area (Å²) in [4.78, 5) is 4.26. The summed E-state index contributed by atoms with van der Waals surface area (Å²) in [5.41, 5.74) is 1.29. The number of aliphatic imine (C=N–C) groups is 1. The number of benzene rings is 1. The Morgan fingerprint density at radius 3 is 2.28 bits per heavy atom. The lowest BCUT2D eigenvalue weighted by molar-refractivity contribution is 0.359. The Labute approximate surface area is 116 Å². The zero-order valence-corrected chi connectivity index (χ0v) is 11.7. The molecule has 0 radical (unpaired) electrons. The van der Waals surface area contributed by atoms with Crippen LogP contribution in [0.25, 0.3) is 0 Å². The van der Waals surface area contributed by atoms with Crippen LogP contribution in [0, 0.1) is 5.92 Å². The van der Waals surface area contributed by atoms with Crippen LogP contribution in [0.2, 0.25) is 10.0 Å². The molecule has 98 valence electrons. The summed E-state index contributed by atoms with van der Waals surface area (Å²) in [6.45, 7) is 3.53. The first-order chi connectivity index (χ1) is 8.51. The summed E-state index contributed by atoms with van der Waals surface area (Å²) >= 11 is 12.0. The second-order valence-corrected chi connectivity index (χ2v) is 4.77. The van der Waals surface area contributed by atoms with Crippen molar-refractivity contribution in [2.24, 2.45) is 21.9 Å². The Balaban J connectivity index is 3.28. The Bertz CT molecular complexity index is 464. The van der Waals surface area contributed by atoms with Crippen LogP contribution in [0.4, 0.5) is 5.69 Å². The van der Waals surface area contributed by atoms with Gasteiger partial charge < -0.3 is 10.9 Å². The van der Waals surface area contributed by atoms with E-state index < -0.39 is 0 Å². The second-order valence-electron chi connectivity index (χ2n) is 3.96. The smallest absolute Gasteiger partial charge is 0.101 e. The van der Waals surface area contributed by atoms with Crippen molar-refractivity contribution in [2.45, 2.75) is 13.8 Å². The third kappa shape index (κ3) is 3.45. The molecule has 1 aromatic carbocycles. The molecule has 0 bridgehead atoms. The maximum Gasteiger partial charge on any atom is 0.101 e. The Morgan fingerprint density at radius 2 is 1.89 bits per heavy atom. The molecule has 6 heteroatoms. The number of rotatable bonds is 4. The number of halogens is 2. The van der Waals surface area contributed by atoms with E-state index >= 15 is 0 Å². The molecule has 0 atom stereocenters. The average molecular weight is 288 g/mol. The SMILES string of the molecule is CC(C)C(=NN)C(CO)=Nc1c(Cl)cccc1Cl. The lowest BCUT2D eigenvalue weighted by Gasteiger charge is -2.11. The van der Waals surface area contributed by atoms with Gasteiger partial charge in [0.2, 0.25) is 0 Å². The second kappa shape index (κ2) is 6.73. The van der Waals surface area contributed by atoms with Crippen molar-refractivity contribution < 1.29 is 5.11 Å². The number of hydrazone groups is 1. The van der Waals surface area contributed by atoms with Crippen LogP contribution in [-0.2, 0) is 0 Å². The fourth-order valence-corrected chi connectivity index (χ4v) is 1.94. The first-order valence-electron chi connectivity index (χ1n) is 5.41. The van der Waals surface area contributed by atoms with Gasteiger partial charge in [0.25, 0.3) is 0 Å². The number of nitrogens with two attached hydrogens (primary N) is 1. The van der Waals surface area contributed by atoms with Crippen LogP contribution >= 0.6 is 23.2 Å². The van der Waals surface area contributed by atoms with E-state index in [9.17, 15) is 5.11 Å². The van der Waals surface area contributed by atoms with E-state index in [-0.39, 0.29) is 12.5 Å². The van der Waals surface area contributed by atoms with Crippen LogP contribution < -0.4 is 5.84 Å². The molecule has 0 heterocycles. The molecule has 0 saturated heterocycles. The first kappa shape index (κ1) is 15.0. The van der Waals surface area contributed by atoms with E-state index in [1.165, 1.54) is 0 Å². The predicted octanol–water partition coefficient (Wildman–Crippen LogP) is 3.03. The quantitative estimate of drug-likeness (QED) is 0.508. The van der Waals surface area contributed by atoms with Crippen LogP contribution in [0.5, 0.6) is 0 Å². The molecular formula is C12H15Cl2N3O. The summed E-state index contributed by atoms with van der Waals surface area (Å²) in [7, 11) is 0. The largest absolute Gasteiger partial charge is 0.390 e. The molecule has 0 aliphatic heterocycles. The van der Waals surface area contributed by atoms with Crippen LogP contribution in [-0.4, -0.2) is 23.1 Å². The number of hydrogen-bond acceptors (Lipinski definition) is 4. The fourth-order valence-electron chi connectivity index (χ4n) is 1.46. The maximum absolute atomic E-state index is 9.37. The summed E-state index contributed by atoms with van der Waals surface area (Å²) in [6, 6.07) is 5.08. The van der Waals surface area contributed by atoms with Crippen molar-refractivity contribution >= 4 is 40.3 Å². The molecule has 18 heavy (non-hydrogen) atoms. The van der Waals surface area contributed by atoms with E-state index in [1.807, 2.05) is 13.8 Å². The Morgan fingerprint density at radius 1 is 1.33 bits per heavy atom. The fraction of sp³-hybridized carbons (Fsp3) is 0.333. The van der Waals surface area contributed by atoms with Gasteiger partial charge in [-0.15, -0.1) is 0 Å². The highest BCUT2D eigenvalue weighted by Gasteiger charge is 2.14. The number of hydrogen-bond donors (Lipinski definition) is 2. The number of aliphatic hydroxyl groups excluding tert-OH is 1.